The first kappa shape index (κ1) is 8.53. The molecule has 2 atom stereocenters. The summed E-state index contributed by atoms with van der Waals surface area (Å²) in [5, 5.41) is 17.8. The Morgan fingerprint density at radius 2 is 1.38 bits per heavy atom. The molecule has 72 valence electrons. The summed E-state index contributed by atoms with van der Waals surface area (Å²) < 4.78 is 0. The molecule has 0 bridgehead atoms. The van der Waals surface area contributed by atoms with Crippen molar-refractivity contribution < 1.29 is 19.8 Å². The van der Waals surface area contributed by atoms with E-state index in [-0.39, 0.29) is 0 Å². The molecule has 4 nitrogen and oxygen atoms in total. The Morgan fingerprint density at radius 1 is 1.00 bits per heavy atom. The van der Waals surface area contributed by atoms with Gasteiger partial charge in [0.1, 0.15) is 0 Å². The summed E-state index contributed by atoms with van der Waals surface area (Å²) in [6.45, 7) is 0. The molecule has 0 heterocycles. The normalized spacial score (nSPS) is 34.8. The number of rotatable bonds is 2. The summed E-state index contributed by atoms with van der Waals surface area (Å²) >= 11 is 0. The molecule has 0 unspecified atom stereocenters. The van der Waals surface area contributed by atoms with E-state index in [9.17, 15) is 9.59 Å². The van der Waals surface area contributed by atoms with Gasteiger partial charge in [-0.05, 0) is 37.5 Å². The van der Waals surface area contributed by atoms with Crippen LogP contribution in [0.4, 0.5) is 0 Å². The van der Waals surface area contributed by atoms with Crippen molar-refractivity contribution in [2.45, 2.75) is 25.7 Å². The number of carboxylic acid groups (broad SMARTS) is 2. The molecule has 0 aromatic heterocycles. The molecule has 4 heteroatoms. The Bertz CT molecular complexity index is 243. The lowest BCUT2D eigenvalue weighted by atomic mass is 9.77. The Morgan fingerprint density at radius 3 is 1.62 bits per heavy atom. The molecule has 2 N–H and O–H groups in total. The van der Waals surface area contributed by atoms with E-state index in [0.29, 0.717) is 24.7 Å². The molecular formula is C9H12O4. The van der Waals surface area contributed by atoms with Crippen molar-refractivity contribution >= 4 is 11.9 Å². The van der Waals surface area contributed by atoms with Crippen LogP contribution >= 0.6 is 0 Å². The fourth-order valence-corrected chi connectivity index (χ4v) is 2.59. The quantitative estimate of drug-likeness (QED) is 0.627. The molecule has 2 fully saturated rings. The summed E-state index contributed by atoms with van der Waals surface area (Å²) in [5.41, 5.74) is -1.47. The first-order chi connectivity index (χ1) is 6.06. The SMILES string of the molecule is O=C(O)C1(C(=O)O)C[C@@H]2CC[C@H]2C1. The van der Waals surface area contributed by atoms with Crippen LogP contribution in [-0.2, 0) is 9.59 Å². The second-order valence-electron chi connectivity index (χ2n) is 4.20. The van der Waals surface area contributed by atoms with Crippen LogP contribution in [0.2, 0.25) is 0 Å². The molecule has 2 rings (SSSR count). The van der Waals surface area contributed by atoms with Gasteiger partial charge in [-0.1, -0.05) is 0 Å². The maximum absolute atomic E-state index is 10.9. The zero-order valence-corrected chi connectivity index (χ0v) is 7.19. The molecule has 0 spiro atoms. The van der Waals surface area contributed by atoms with E-state index in [4.69, 9.17) is 10.2 Å². The maximum atomic E-state index is 10.9. The lowest BCUT2D eigenvalue weighted by Crippen LogP contribution is -2.36. The van der Waals surface area contributed by atoms with Crippen LogP contribution in [0.15, 0.2) is 0 Å². The number of carboxylic acids is 2. The molecule has 0 amide bonds. The smallest absolute Gasteiger partial charge is 0.321 e. The molecule has 2 saturated carbocycles. The lowest BCUT2D eigenvalue weighted by Gasteiger charge is -2.29. The number of hydrogen-bond donors (Lipinski definition) is 2. The van der Waals surface area contributed by atoms with Crippen molar-refractivity contribution in [3.8, 4) is 0 Å². The van der Waals surface area contributed by atoms with E-state index in [0.717, 1.165) is 12.8 Å². The van der Waals surface area contributed by atoms with Gasteiger partial charge in [-0.2, -0.15) is 0 Å². The van der Waals surface area contributed by atoms with Crippen LogP contribution in [-0.4, -0.2) is 22.2 Å². The Hall–Kier alpha value is -1.06. The minimum absolute atomic E-state index is 0.336. The first-order valence-electron chi connectivity index (χ1n) is 4.53. The summed E-state index contributed by atoms with van der Waals surface area (Å²) in [7, 11) is 0. The van der Waals surface area contributed by atoms with Crippen molar-refractivity contribution in [2.75, 3.05) is 0 Å². The molecular weight excluding hydrogens is 172 g/mol. The van der Waals surface area contributed by atoms with Crippen LogP contribution in [0.5, 0.6) is 0 Å². The van der Waals surface area contributed by atoms with Gasteiger partial charge in [-0.25, -0.2) is 0 Å². The summed E-state index contributed by atoms with van der Waals surface area (Å²) in [6.07, 6.45) is 2.69. The molecule has 0 radical (unpaired) electrons. The average molecular weight is 184 g/mol. The van der Waals surface area contributed by atoms with Crippen LogP contribution in [0.3, 0.4) is 0 Å². The minimum atomic E-state index is -1.47. The third-order valence-corrected chi connectivity index (χ3v) is 3.61. The van der Waals surface area contributed by atoms with Gasteiger partial charge in [0, 0.05) is 0 Å². The van der Waals surface area contributed by atoms with Crippen molar-refractivity contribution in [2.24, 2.45) is 17.3 Å². The third-order valence-electron chi connectivity index (χ3n) is 3.61. The number of fused-ring (bicyclic) bond motifs is 1. The van der Waals surface area contributed by atoms with Crippen LogP contribution < -0.4 is 0 Å². The maximum Gasteiger partial charge on any atom is 0.321 e. The first-order valence-corrected chi connectivity index (χ1v) is 4.53. The number of carbonyl (C=O) groups is 2. The molecule has 0 aliphatic heterocycles. The van der Waals surface area contributed by atoms with Crippen molar-refractivity contribution in [3.05, 3.63) is 0 Å². The van der Waals surface area contributed by atoms with Gasteiger partial charge in [-0.15, -0.1) is 0 Å². The van der Waals surface area contributed by atoms with E-state index >= 15 is 0 Å². The van der Waals surface area contributed by atoms with Crippen LogP contribution in [0.1, 0.15) is 25.7 Å². The van der Waals surface area contributed by atoms with E-state index in [1.54, 1.807) is 0 Å². The largest absolute Gasteiger partial charge is 0.480 e. The highest BCUT2D eigenvalue weighted by molar-refractivity contribution is 5.98. The summed E-state index contributed by atoms with van der Waals surface area (Å²) in [6, 6.07) is 0. The average Bonchev–Trinajstić information content (AvgIpc) is 2.26. The lowest BCUT2D eigenvalue weighted by molar-refractivity contribution is -0.164. The Balaban J connectivity index is 2.25. The van der Waals surface area contributed by atoms with Crippen molar-refractivity contribution in [3.63, 3.8) is 0 Å². The third kappa shape index (κ3) is 0.975. The molecule has 2 aliphatic carbocycles. The fourth-order valence-electron chi connectivity index (χ4n) is 2.59. The van der Waals surface area contributed by atoms with Gasteiger partial charge >= 0.3 is 11.9 Å². The predicted molar refractivity (Wildman–Crippen MR) is 43.2 cm³/mol. The van der Waals surface area contributed by atoms with Gasteiger partial charge in [0.2, 0.25) is 0 Å². The molecule has 2 aliphatic rings. The van der Waals surface area contributed by atoms with Gasteiger partial charge in [0.15, 0.2) is 5.41 Å². The second-order valence-corrected chi connectivity index (χ2v) is 4.20. The molecule has 0 aromatic rings. The predicted octanol–water partition coefficient (Wildman–Crippen LogP) is 0.962. The van der Waals surface area contributed by atoms with Gasteiger partial charge < -0.3 is 10.2 Å². The van der Waals surface area contributed by atoms with Crippen molar-refractivity contribution in [1.82, 2.24) is 0 Å². The Kier molecular flexibility index (Phi) is 1.62. The Labute approximate surface area is 75.6 Å². The molecule has 13 heavy (non-hydrogen) atoms. The highest BCUT2D eigenvalue weighted by Gasteiger charge is 2.58. The summed E-state index contributed by atoms with van der Waals surface area (Å²) in [4.78, 5) is 21.8. The number of aliphatic carboxylic acids is 2. The zero-order chi connectivity index (χ0) is 9.64. The van der Waals surface area contributed by atoms with Gasteiger partial charge in [0.05, 0.1) is 0 Å². The van der Waals surface area contributed by atoms with Gasteiger partial charge in [0.25, 0.3) is 0 Å². The summed E-state index contributed by atoms with van der Waals surface area (Å²) in [5.74, 6) is -1.61. The molecule has 0 saturated heterocycles. The number of hydrogen-bond acceptors (Lipinski definition) is 2. The topological polar surface area (TPSA) is 74.6 Å². The van der Waals surface area contributed by atoms with Crippen LogP contribution in [0, 0.1) is 17.3 Å². The van der Waals surface area contributed by atoms with E-state index in [1.165, 1.54) is 0 Å². The standard InChI is InChI=1S/C9H12O4/c10-7(11)9(8(12)13)3-5-1-2-6(5)4-9/h5-6H,1-4H2,(H,10,11)(H,12,13)/t5-,6-/m0/s1. The zero-order valence-electron chi connectivity index (χ0n) is 7.19. The van der Waals surface area contributed by atoms with E-state index in [1.807, 2.05) is 0 Å². The van der Waals surface area contributed by atoms with Crippen LogP contribution in [0.25, 0.3) is 0 Å². The highest BCUT2D eigenvalue weighted by Crippen LogP contribution is 2.55. The fraction of sp³-hybridized carbons (Fsp3) is 0.778. The van der Waals surface area contributed by atoms with Crippen molar-refractivity contribution in [1.29, 1.82) is 0 Å². The van der Waals surface area contributed by atoms with E-state index in [2.05, 4.69) is 0 Å². The minimum Gasteiger partial charge on any atom is -0.480 e. The monoisotopic (exact) mass is 184 g/mol. The highest BCUT2D eigenvalue weighted by atomic mass is 16.4. The van der Waals surface area contributed by atoms with E-state index < -0.39 is 17.4 Å². The second kappa shape index (κ2) is 2.47. The molecule has 0 aromatic carbocycles. The van der Waals surface area contributed by atoms with Gasteiger partial charge in [-0.3, -0.25) is 9.59 Å².